The van der Waals surface area contributed by atoms with Gasteiger partial charge < -0.3 is 10.5 Å². The average molecular weight is 206 g/mol. The number of nitrogens with zero attached hydrogens (tertiary/aromatic N) is 1. The monoisotopic (exact) mass is 206 g/mol. The summed E-state index contributed by atoms with van der Waals surface area (Å²) in [5, 5.41) is 0. The molecular formula is C8H9F3N2O. The Morgan fingerprint density at radius 2 is 2.14 bits per heavy atom. The fourth-order valence-corrected chi connectivity index (χ4v) is 0.804. The number of aromatic nitrogens is 1. The van der Waals surface area contributed by atoms with E-state index in [9.17, 15) is 13.2 Å². The van der Waals surface area contributed by atoms with E-state index in [1.54, 1.807) is 6.92 Å². The molecule has 78 valence electrons. The first kappa shape index (κ1) is 10.6. The number of anilines is 1. The summed E-state index contributed by atoms with van der Waals surface area (Å²) in [7, 11) is 0. The molecule has 1 rings (SSSR count). The zero-order valence-electron chi connectivity index (χ0n) is 7.43. The Bertz CT molecular complexity index is 325. The SMILES string of the molecule is Cc1cc(OCC(F)(F)F)cnc1N. The zero-order valence-corrected chi connectivity index (χ0v) is 7.43. The highest BCUT2D eigenvalue weighted by Gasteiger charge is 2.28. The standard InChI is InChI=1S/C8H9F3N2O/c1-5-2-6(3-13-7(5)12)14-4-8(9,10)11/h2-3H,4H2,1H3,(H2,12,13). The van der Waals surface area contributed by atoms with Gasteiger partial charge in [-0.1, -0.05) is 0 Å². The Kier molecular flexibility index (Phi) is 2.83. The highest BCUT2D eigenvalue weighted by Crippen LogP contribution is 2.19. The molecular weight excluding hydrogens is 197 g/mol. The number of alkyl halides is 3. The van der Waals surface area contributed by atoms with E-state index in [4.69, 9.17) is 5.73 Å². The van der Waals surface area contributed by atoms with E-state index in [1.165, 1.54) is 6.07 Å². The topological polar surface area (TPSA) is 48.1 Å². The highest BCUT2D eigenvalue weighted by atomic mass is 19.4. The van der Waals surface area contributed by atoms with Gasteiger partial charge in [0.2, 0.25) is 0 Å². The van der Waals surface area contributed by atoms with Gasteiger partial charge >= 0.3 is 6.18 Å². The van der Waals surface area contributed by atoms with Crippen LogP contribution in [0.2, 0.25) is 0 Å². The van der Waals surface area contributed by atoms with E-state index >= 15 is 0 Å². The van der Waals surface area contributed by atoms with Crippen molar-refractivity contribution in [3.63, 3.8) is 0 Å². The predicted molar refractivity (Wildman–Crippen MR) is 44.9 cm³/mol. The fourth-order valence-electron chi connectivity index (χ4n) is 0.804. The molecule has 0 fully saturated rings. The number of hydrogen-bond donors (Lipinski definition) is 1. The fraction of sp³-hybridized carbons (Fsp3) is 0.375. The lowest BCUT2D eigenvalue weighted by Crippen LogP contribution is -2.19. The molecule has 3 nitrogen and oxygen atoms in total. The maximum Gasteiger partial charge on any atom is 0.422 e. The van der Waals surface area contributed by atoms with E-state index in [0.717, 1.165) is 6.20 Å². The Hall–Kier alpha value is -1.46. The molecule has 0 spiro atoms. The Morgan fingerprint density at radius 1 is 1.50 bits per heavy atom. The van der Waals surface area contributed by atoms with E-state index in [2.05, 4.69) is 9.72 Å². The van der Waals surface area contributed by atoms with Gasteiger partial charge in [0, 0.05) is 0 Å². The molecule has 6 heteroatoms. The molecule has 1 aromatic rings. The number of nitrogen functional groups attached to an aromatic ring is 1. The normalized spacial score (nSPS) is 11.4. The summed E-state index contributed by atoms with van der Waals surface area (Å²) in [5.74, 6) is 0.346. The Labute approximate surface area is 78.7 Å². The molecule has 2 N–H and O–H groups in total. The summed E-state index contributed by atoms with van der Waals surface area (Å²) in [4.78, 5) is 3.66. The second kappa shape index (κ2) is 3.73. The molecule has 0 aliphatic heterocycles. The number of ether oxygens (including phenoxy) is 1. The van der Waals surface area contributed by atoms with Crippen LogP contribution in [-0.2, 0) is 0 Å². The van der Waals surface area contributed by atoms with Crippen LogP contribution in [0.3, 0.4) is 0 Å². The third-order valence-corrected chi connectivity index (χ3v) is 1.50. The van der Waals surface area contributed by atoms with Crippen molar-refractivity contribution in [3.05, 3.63) is 17.8 Å². The molecule has 0 atom stereocenters. The second-order valence-corrected chi connectivity index (χ2v) is 2.78. The van der Waals surface area contributed by atoms with E-state index in [-0.39, 0.29) is 11.6 Å². The van der Waals surface area contributed by atoms with Crippen LogP contribution in [0, 0.1) is 6.92 Å². The van der Waals surface area contributed by atoms with Crippen LogP contribution in [0.15, 0.2) is 12.3 Å². The minimum atomic E-state index is -4.34. The van der Waals surface area contributed by atoms with Crippen molar-refractivity contribution >= 4 is 5.82 Å². The minimum Gasteiger partial charge on any atom is -0.482 e. The quantitative estimate of drug-likeness (QED) is 0.804. The van der Waals surface area contributed by atoms with Crippen molar-refractivity contribution < 1.29 is 17.9 Å². The molecule has 0 saturated heterocycles. The molecule has 1 aromatic heterocycles. The summed E-state index contributed by atoms with van der Waals surface area (Å²) in [5.41, 5.74) is 5.97. The van der Waals surface area contributed by atoms with Crippen LogP contribution in [0.5, 0.6) is 5.75 Å². The minimum absolute atomic E-state index is 0.0639. The molecule has 0 aliphatic carbocycles. The van der Waals surface area contributed by atoms with Crippen LogP contribution in [0.25, 0.3) is 0 Å². The molecule has 0 bridgehead atoms. The lowest BCUT2D eigenvalue weighted by atomic mass is 10.3. The largest absolute Gasteiger partial charge is 0.482 e. The summed E-state index contributed by atoms with van der Waals surface area (Å²) in [6.45, 7) is 0.320. The van der Waals surface area contributed by atoms with Gasteiger partial charge in [-0.05, 0) is 18.6 Å². The molecule has 0 aromatic carbocycles. The van der Waals surface area contributed by atoms with Gasteiger partial charge in [-0.3, -0.25) is 0 Å². The van der Waals surface area contributed by atoms with Crippen LogP contribution in [0.1, 0.15) is 5.56 Å². The third-order valence-electron chi connectivity index (χ3n) is 1.50. The van der Waals surface area contributed by atoms with Crippen LogP contribution < -0.4 is 10.5 Å². The maximum atomic E-state index is 11.8. The van der Waals surface area contributed by atoms with Crippen LogP contribution in [-0.4, -0.2) is 17.8 Å². The first-order chi connectivity index (χ1) is 6.38. The molecule has 0 saturated carbocycles. The maximum absolute atomic E-state index is 11.8. The van der Waals surface area contributed by atoms with Crippen LogP contribution >= 0.6 is 0 Å². The molecule has 1 heterocycles. The predicted octanol–water partition coefficient (Wildman–Crippen LogP) is 1.91. The van der Waals surface area contributed by atoms with Crippen molar-refractivity contribution in [2.24, 2.45) is 0 Å². The number of halogens is 3. The van der Waals surface area contributed by atoms with Gasteiger partial charge in [0.05, 0.1) is 6.20 Å². The van der Waals surface area contributed by atoms with E-state index in [0.29, 0.717) is 5.56 Å². The van der Waals surface area contributed by atoms with Crippen molar-refractivity contribution in [2.45, 2.75) is 13.1 Å². The first-order valence-electron chi connectivity index (χ1n) is 3.80. The van der Waals surface area contributed by atoms with Gasteiger partial charge in [0.25, 0.3) is 0 Å². The van der Waals surface area contributed by atoms with Crippen molar-refractivity contribution in [3.8, 4) is 5.75 Å². The van der Waals surface area contributed by atoms with Gasteiger partial charge in [-0.25, -0.2) is 4.98 Å². The number of aryl methyl sites for hydroxylation is 1. The van der Waals surface area contributed by atoms with Gasteiger partial charge in [0.15, 0.2) is 6.61 Å². The number of nitrogens with two attached hydrogens (primary N) is 1. The van der Waals surface area contributed by atoms with Gasteiger partial charge in [-0.2, -0.15) is 13.2 Å². The smallest absolute Gasteiger partial charge is 0.422 e. The second-order valence-electron chi connectivity index (χ2n) is 2.78. The Balaban J connectivity index is 2.65. The van der Waals surface area contributed by atoms with Gasteiger partial charge in [0.1, 0.15) is 11.6 Å². The first-order valence-corrected chi connectivity index (χ1v) is 3.80. The number of rotatable bonds is 2. The van der Waals surface area contributed by atoms with Crippen molar-refractivity contribution in [1.82, 2.24) is 4.98 Å². The summed E-state index contributed by atoms with van der Waals surface area (Å²) < 4.78 is 39.7. The molecule has 0 aliphatic rings. The van der Waals surface area contributed by atoms with Crippen LogP contribution in [0.4, 0.5) is 19.0 Å². The van der Waals surface area contributed by atoms with Gasteiger partial charge in [-0.15, -0.1) is 0 Å². The average Bonchev–Trinajstić information content (AvgIpc) is 2.06. The van der Waals surface area contributed by atoms with Crippen molar-refractivity contribution in [2.75, 3.05) is 12.3 Å². The number of hydrogen-bond acceptors (Lipinski definition) is 3. The number of pyridine rings is 1. The highest BCUT2D eigenvalue weighted by molar-refractivity contribution is 5.41. The summed E-state index contributed by atoms with van der Waals surface area (Å²) >= 11 is 0. The molecule has 0 radical (unpaired) electrons. The third kappa shape index (κ3) is 3.12. The zero-order chi connectivity index (χ0) is 10.8. The van der Waals surface area contributed by atoms with E-state index in [1.807, 2.05) is 0 Å². The molecule has 0 amide bonds. The molecule has 14 heavy (non-hydrogen) atoms. The van der Waals surface area contributed by atoms with E-state index < -0.39 is 12.8 Å². The summed E-state index contributed by atoms with van der Waals surface area (Å²) in [6.07, 6.45) is -3.18. The lowest BCUT2D eigenvalue weighted by Gasteiger charge is -2.09. The van der Waals surface area contributed by atoms with Crippen molar-refractivity contribution in [1.29, 1.82) is 0 Å². The molecule has 0 unspecified atom stereocenters. The Morgan fingerprint density at radius 3 is 2.64 bits per heavy atom. The lowest BCUT2D eigenvalue weighted by molar-refractivity contribution is -0.153. The summed E-state index contributed by atoms with van der Waals surface area (Å²) in [6, 6.07) is 1.41.